The van der Waals surface area contributed by atoms with E-state index < -0.39 is 0 Å². The molecule has 9 aromatic rings. The first-order chi connectivity index (χ1) is 38.3. The van der Waals surface area contributed by atoms with Crippen LogP contribution in [-0.4, -0.2) is 0 Å². The summed E-state index contributed by atoms with van der Waals surface area (Å²) in [4.78, 5) is 13.9. The minimum absolute atomic E-state index is 0.649. The molecule has 0 radical (unpaired) electrons. The molecule has 0 amide bonds. The highest BCUT2D eigenvalue weighted by Crippen LogP contribution is 2.24. The Bertz CT molecular complexity index is 3840. The lowest BCUT2D eigenvalue weighted by Crippen LogP contribution is -1.80. The monoisotopic (exact) mass is 996 g/mol. The van der Waals surface area contributed by atoms with Gasteiger partial charge in [0.25, 0.3) is 0 Å². The van der Waals surface area contributed by atoms with E-state index in [9.17, 15) is 0 Å². The molecule has 6 heteroatoms. The molecule has 6 nitrogen and oxygen atoms in total. The molecule has 0 bridgehead atoms. The summed E-state index contributed by atoms with van der Waals surface area (Å²) in [5.41, 5.74) is 16.4. The van der Waals surface area contributed by atoms with Crippen LogP contribution in [0.3, 0.4) is 0 Å². The van der Waals surface area contributed by atoms with Crippen LogP contribution in [0, 0.1) is 49.0 Å². The van der Waals surface area contributed by atoms with Gasteiger partial charge < -0.3 is 0 Å². The molecule has 0 aromatic heterocycles. The van der Waals surface area contributed by atoms with E-state index >= 15 is 0 Å². The van der Waals surface area contributed by atoms with Gasteiger partial charge in [-0.2, -0.15) is 10.5 Å². The van der Waals surface area contributed by atoms with Crippen molar-refractivity contribution in [1.29, 1.82) is 10.5 Å². The average molecular weight is 997 g/mol. The summed E-state index contributed by atoms with van der Waals surface area (Å²) in [7, 11) is 0. The number of hydrogen-bond acceptors (Lipinski definition) is 2. The molecular weight excluding hydrogens is 949 g/mol. The van der Waals surface area contributed by atoms with Crippen LogP contribution in [0.2, 0.25) is 0 Å². The number of para-hydroxylation sites is 2. The molecule has 9 aromatic carbocycles. The SMILES string of the molecule is [C-]#[N+]c1ccc(/C=C/c2ccc(/C=C/c3ccccc3[N+]#[C-])cc2)cc1.[C-]#[N+]c1cccc(/C=C/c2ccc(/C=C/c3ccc(C#N)cc3)cc2)c1.[C-]#[N+]c1ccccc1/C=C/c1ccc(/C=C/c2ccccc2C#N)cc1. The van der Waals surface area contributed by atoms with E-state index in [0.29, 0.717) is 33.9 Å². The Morgan fingerprint density at radius 3 is 0.987 bits per heavy atom. The zero-order valence-corrected chi connectivity index (χ0v) is 42.4. The van der Waals surface area contributed by atoms with E-state index in [-0.39, 0.29) is 0 Å². The van der Waals surface area contributed by atoms with Crippen molar-refractivity contribution in [3.05, 3.63) is 342 Å². The summed E-state index contributed by atoms with van der Waals surface area (Å²) in [6, 6.07) is 74.2. The Hall–Kier alpha value is -11.6. The molecule has 0 unspecified atom stereocenters. The van der Waals surface area contributed by atoms with Gasteiger partial charge in [-0.25, -0.2) is 19.4 Å². The molecule has 0 N–H and O–H groups in total. The maximum absolute atomic E-state index is 9.13. The predicted molar refractivity (Wildman–Crippen MR) is 326 cm³/mol. The van der Waals surface area contributed by atoms with Crippen molar-refractivity contribution in [2.24, 2.45) is 0 Å². The molecule has 0 saturated carbocycles. The molecule has 0 aliphatic carbocycles. The molecule has 0 fully saturated rings. The standard InChI is InChI=1S/3C24H16N2/c1-25-23-17-14-21(15-18-23)12-9-19-7-10-20(11-8-19)13-16-22-5-3-4-6-24(22)26-2;1-26-24-9-5-4-7-22(24)17-15-20-12-10-19(11-13-20)14-16-21-6-2-3-8-23(21)18-25;1-26-24-4-2-3-22(17-24)14-11-20-8-5-19(6-9-20)7-10-21-12-15-23(18-25)16-13-21/h3-18H;2*2-17H/b12-9+,16-13+;16-14+,17-15+;10-7+,14-11+. The van der Waals surface area contributed by atoms with E-state index in [4.69, 9.17) is 36.8 Å². The topological polar surface area (TPSA) is 65.0 Å². The van der Waals surface area contributed by atoms with E-state index in [1.165, 1.54) is 0 Å². The fourth-order valence-corrected chi connectivity index (χ4v) is 7.52. The Balaban J connectivity index is 0.000000170. The number of nitriles is 2. The van der Waals surface area contributed by atoms with Crippen LogP contribution in [-0.2, 0) is 0 Å². The fraction of sp³-hybridized carbons (Fsp3) is 0. The van der Waals surface area contributed by atoms with E-state index in [1.807, 2.05) is 231 Å². The summed E-state index contributed by atoms with van der Waals surface area (Å²) in [5, 5.41) is 18.0. The first kappa shape index (κ1) is 54.1. The van der Waals surface area contributed by atoms with Gasteiger partial charge in [-0.1, -0.05) is 267 Å². The fourth-order valence-electron chi connectivity index (χ4n) is 7.52. The summed E-state index contributed by atoms with van der Waals surface area (Å²) >= 11 is 0. The molecule has 0 atom stereocenters. The quantitative estimate of drug-likeness (QED) is 0.0904. The zero-order chi connectivity index (χ0) is 54.6. The summed E-state index contributed by atoms with van der Waals surface area (Å²) in [6.07, 6.45) is 24.1. The second kappa shape index (κ2) is 29.2. The van der Waals surface area contributed by atoms with Crippen molar-refractivity contribution in [3.63, 3.8) is 0 Å². The first-order valence-corrected chi connectivity index (χ1v) is 24.6. The second-order valence-corrected chi connectivity index (χ2v) is 17.2. The minimum atomic E-state index is 0.649. The molecule has 366 valence electrons. The van der Waals surface area contributed by atoms with Gasteiger partial charge in [0, 0.05) is 0 Å². The van der Waals surface area contributed by atoms with Crippen molar-refractivity contribution < 1.29 is 0 Å². The number of rotatable bonds is 12. The van der Waals surface area contributed by atoms with Gasteiger partial charge in [0.2, 0.25) is 0 Å². The highest BCUT2D eigenvalue weighted by Gasteiger charge is 2.00. The van der Waals surface area contributed by atoms with Crippen molar-refractivity contribution in [3.8, 4) is 12.1 Å². The molecule has 0 aliphatic rings. The molecule has 9 rings (SSSR count). The van der Waals surface area contributed by atoms with E-state index in [1.54, 1.807) is 6.07 Å². The Morgan fingerprint density at radius 2 is 0.603 bits per heavy atom. The Kier molecular flexibility index (Phi) is 20.2. The van der Waals surface area contributed by atoms with Crippen LogP contribution in [0.25, 0.3) is 92.3 Å². The molecule has 78 heavy (non-hydrogen) atoms. The number of benzene rings is 9. The molecule has 0 heterocycles. The van der Waals surface area contributed by atoms with Gasteiger partial charge in [-0.3, -0.25) is 0 Å². The normalized spacial score (nSPS) is 10.7. The van der Waals surface area contributed by atoms with Gasteiger partial charge >= 0.3 is 0 Å². The number of hydrogen-bond donors (Lipinski definition) is 0. The van der Waals surface area contributed by atoms with Gasteiger partial charge in [-0.15, -0.1) is 0 Å². The van der Waals surface area contributed by atoms with Crippen LogP contribution in [0.15, 0.2) is 218 Å². The van der Waals surface area contributed by atoms with Crippen LogP contribution < -0.4 is 0 Å². The molecule has 0 spiro atoms. The van der Waals surface area contributed by atoms with E-state index in [2.05, 4.69) is 86.1 Å². The van der Waals surface area contributed by atoms with Crippen molar-refractivity contribution in [2.45, 2.75) is 0 Å². The third kappa shape index (κ3) is 17.0. The van der Waals surface area contributed by atoms with Gasteiger partial charge in [0.15, 0.2) is 22.7 Å². The predicted octanol–water partition coefficient (Wildman–Crippen LogP) is 20.0. The van der Waals surface area contributed by atoms with E-state index in [0.717, 1.165) is 66.8 Å². The third-order valence-electron chi connectivity index (χ3n) is 11.8. The van der Waals surface area contributed by atoms with Crippen LogP contribution >= 0.6 is 0 Å². The van der Waals surface area contributed by atoms with Crippen molar-refractivity contribution in [2.75, 3.05) is 0 Å². The second-order valence-electron chi connectivity index (χ2n) is 17.2. The molecular formula is C72H48N6. The Morgan fingerprint density at radius 1 is 0.269 bits per heavy atom. The van der Waals surface area contributed by atoms with Crippen molar-refractivity contribution in [1.82, 2.24) is 0 Å². The average Bonchev–Trinajstić information content (AvgIpc) is 3.52. The summed E-state index contributed by atoms with van der Waals surface area (Å²) in [5.74, 6) is 0. The number of nitrogens with zero attached hydrogens (tertiary/aromatic N) is 6. The maximum Gasteiger partial charge on any atom is 0.194 e. The molecule has 0 aliphatic heterocycles. The summed E-state index contributed by atoms with van der Waals surface area (Å²) < 4.78 is 0. The molecule has 0 saturated heterocycles. The zero-order valence-electron chi connectivity index (χ0n) is 42.4. The lowest BCUT2D eigenvalue weighted by atomic mass is 10.1. The van der Waals surface area contributed by atoms with Crippen molar-refractivity contribution >= 4 is 95.7 Å². The van der Waals surface area contributed by atoms with Crippen LogP contribution in [0.5, 0.6) is 0 Å². The largest absolute Gasteiger partial charge is 0.238 e. The Labute approximate surface area is 458 Å². The van der Waals surface area contributed by atoms with Gasteiger partial charge in [0.05, 0.1) is 49.6 Å². The van der Waals surface area contributed by atoms with Gasteiger partial charge in [0.1, 0.15) is 0 Å². The van der Waals surface area contributed by atoms with Gasteiger partial charge in [-0.05, 0) is 91.0 Å². The lowest BCUT2D eigenvalue weighted by molar-refractivity contribution is 1.47. The highest BCUT2D eigenvalue weighted by atomic mass is 14.6. The van der Waals surface area contributed by atoms with Crippen LogP contribution in [0.4, 0.5) is 22.7 Å². The minimum Gasteiger partial charge on any atom is -0.238 e. The first-order valence-electron chi connectivity index (χ1n) is 24.6. The lowest BCUT2D eigenvalue weighted by Gasteiger charge is -1.99. The summed E-state index contributed by atoms with van der Waals surface area (Å²) in [6.45, 7) is 28.4. The smallest absolute Gasteiger partial charge is 0.194 e. The van der Waals surface area contributed by atoms with Crippen LogP contribution in [0.1, 0.15) is 77.9 Å². The maximum atomic E-state index is 9.13. The third-order valence-corrected chi connectivity index (χ3v) is 11.8. The highest BCUT2D eigenvalue weighted by molar-refractivity contribution is 5.80.